The average Bonchev–Trinajstić information content (AvgIpc) is 2.81. The number of amides is 1. The quantitative estimate of drug-likeness (QED) is 0.518. The first-order valence-corrected chi connectivity index (χ1v) is 10.6. The first-order chi connectivity index (χ1) is 16.1. The summed E-state index contributed by atoms with van der Waals surface area (Å²) in [6.45, 7) is 3.97. The molecular formula is C23H21F4N5O2. The molecule has 11 heteroatoms. The van der Waals surface area contributed by atoms with Crippen molar-refractivity contribution in [3.8, 4) is 17.4 Å². The molecule has 178 valence electrons. The van der Waals surface area contributed by atoms with Crippen molar-refractivity contribution in [1.29, 1.82) is 0 Å². The fraction of sp³-hybridized carbons (Fsp3) is 0.348. The first-order valence-electron chi connectivity index (χ1n) is 10.6. The van der Waals surface area contributed by atoms with Crippen molar-refractivity contribution in [2.45, 2.75) is 45.0 Å². The van der Waals surface area contributed by atoms with E-state index < -0.39 is 35.6 Å². The summed E-state index contributed by atoms with van der Waals surface area (Å²) in [7, 11) is 0. The van der Waals surface area contributed by atoms with Crippen molar-refractivity contribution >= 4 is 5.91 Å². The van der Waals surface area contributed by atoms with Gasteiger partial charge >= 0.3 is 6.18 Å². The Morgan fingerprint density at radius 1 is 1.12 bits per heavy atom. The molecule has 3 aromatic rings. The Labute approximate surface area is 192 Å². The minimum atomic E-state index is -4.71. The van der Waals surface area contributed by atoms with Gasteiger partial charge < -0.3 is 9.64 Å². The maximum atomic E-state index is 14.3. The van der Waals surface area contributed by atoms with E-state index in [2.05, 4.69) is 19.9 Å². The number of piperidine rings is 1. The van der Waals surface area contributed by atoms with E-state index in [0.717, 1.165) is 5.56 Å². The second-order valence-electron chi connectivity index (χ2n) is 8.03. The predicted octanol–water partition coefficient (Wildman–Crippen LogP) is 4.47. The molecule has 0 aliphatic carbocycles. The molecule has 2 unspecified atom stereocenters. The van der Waals surface area contributed by atoms with Crippen molar-refractivity contribution in [3.05, 3.63) is 65.5 Å². The van der Waals surface area contributed by atoms with Gasteiger partial charge in [0.2, 0.25) is 0 Å². The third-order valence-corrected chi connectivity index (χ3v) is 5.61. The molecule has 2 atom stereocenters. The van der Waals surface area contributed by atoms with Crippen LogP contribution in [-0.2, 0) is 6.18 Å². The summed E-state index contributed by atoms with van der Waals surface area (Å²) in [5.41, 5.74) is 0.226. The van der Waals surface area contributed by atoms with Crippen LogP contribution in [0.3, 0.4) is 0 Å². The second-order valence-corrected chi connectivity index (χ2v) is 8.03. The summed E-state index contributed by atoms with van der Waals surface area (Å²) in [5, 5.41) is 0. The minimum Gasteiger partial charge on any atom is -0.470 e. The van der Waals surface area contributed by atoms with Gasteiger partial charge in [-0.25, -0.2) is 19.3 Å². The van der Waals surface area contributed by atoms with Crippen LogP contribution in [-0.4, -0.2) is 49.4 Å². The van der Waals surface area contributed by atoms with Gasteiger partial charge in [0, 0.05) is 31.3 Å². The normalized spacial score (nSPS) is 18.6. The summed E-state index contributed by atoms with van der Waals surface area (Å²) in [6, 6.07) is 3.20. The highest BCUT2D eigenvalue weighted by Gasteiger charge is 2.36. The molecule has 1 amide bonds. The largest absolute Gasteiger partial charge is 0.470 e. The van der Waals surface area contributed by atoms with Crippen LogP contribution in [0, 0.1) is 12.7 Å². The van der Waals surface area contributed by atoms with Crippen LogP contribution in [0.4, 0.5) is 17.6 Å². The molecule has 1 fully saturated rings. The van der Waals surface area contributed by atoms with Crippen molar-refractivity contribution in [1.82, 2.24) is 24.8 Å². The van der Waals surface area contributed by atoms with E-state index in [1.54, 1.807) is 42.5 Å². The molecule has 0 radical (unpaired) electrons. The van der Waals surface area contributed by atoms with Gasteiger partial charge in [0.25, 0.3) is 11.8 Å². The summed E-state index contributed by atoms with van der Waals surface area (Å²) in [4.78, 5) is 31.4. The number of hydrogen-bond acceptors (Lipinski definition) is 6. The van der Waals surface area contributed by atoms with Gasteiger partial charge in [-0.2, -0.15) is 13.2 Å². The molecule has 1 aliphatic rings. The van der Waals surface area contributed by atoms with Gasteiger partial charge in [-0.05, 0) is 50.5 Å². The standard InChI is InChI=1S/C23H21F4N5O2/c1-13-9-16(19(30-11-13)20-28-6-4-7-29-20)22(33)32-8-3-5-18(14(32)2)34-21-17(24)10-15(12-31-21)23(25,26)27/h4,6-7,9-12,14,18H,3,5,8H2,1-2H3. The monoisotopic (exact) mass is 475 g/mol. The van der Waals surface area contributed by atoms with Gasteiger partial charge in [-0.15, -0.1) is 0 Å². The molecule has 0 aromatic carbocycles. The number of carbonyl (C=O) groups is 1. The van der Waals surface area contributed by atoms with Crippen molar-refractivity contribution in [3.63, 3.8) is 0 Å². The van der Waals surface area contributed by atoms with Crippen molar-refractivity contribution < 1.29 is 27.1 Å². The molecule has 0 bridgehead atoms. The van der Waals surface area contributed by atoms with E-state index in [4.69, 9.17) is 4.74 Å². The van der Waals surface area contributed by atoms with E-state index in [0.29, 0.717) is 48.7 Å². The number of nitrogens with zero attached hydrogens (tertiary/aromatic N) is 5. The number of pyridine rings is 2. The summed E-state index contributed by atoms with van der Waals surface area (Å²) >= 11 is 0. The number of aromatic nitrogens is 4. The van der Waals surface area contributed by atoms with E-state index in [-0.39, 0.29) is 5.91 Å². The second kappa shape index (κ2) is 9.32. The van der Waals surface area contributed by atoms with Crippen LogP contribution in [0.5, 0.6) is 5.88 Å². The highest BCUT2D eigenvalue weighted by atomic mass is 19.4. The number of aryl methyl sites for hydroxylation is 1. The molecule has 34 heavy (non-hydrogen) atoms. The van der Waals surface area contributed by atoms with Crippen molar-refractivity contribution in [2.24, 2.45) is 0 Å². The van der Waals surface area contributed by atoms with Crippen LogP contribution in [0.2, 0.25) is 0 Å². The number of likely N-dealkylation sites (tertiary alicyclic amines) is 1. The lowest BCUT2D eigenvalue weighted by atomic mass is 9.98. The fourth-order valence-corrected chi connectivity index (χ4v) is 3.85. The Bertz CT molecular complexity index is 1190. The molecule has 7 nitrogen and oxygen atoms in total. The number of carbonyl (C=O) groups excluding carboxylic acids is 1. The number of halogens is 4. The number of hydrogen-bond donors (Lipinski definition) is 0. The topological polar surface area (TPSA) is 81.1 Å². The van der Waals surface area contributed by atoms with Gasteiger partial charge in [-0.3, -0.25) is 9.78 Å². The molecule has 0 N–H and O–H groups in total. The number of rotatable bonds is 4. The lowest BCUT2D eigenvalue weighted by Gasteiger charge is -2.39. The van der Waals surface area contributed by atoms with Gasteiger partial charge in [0.15, 0.2) is 11.6 Å². The number of ether oxygens (including phenoxy) is 1. The van der Waals surface area contributed by atoms with Crippen LogP contribution >= 0.6 is 0 Å². The van der Waals surface area contributed by atoms with E-state index in [1.165, 1.54) is 0 Å². The van der Waals surface area contributed by atoms with Crippen molar-refractivity contribution in [2.75, 3.05) is 6.54 Å². The third kappa shape index (κ3) is 4.82. The lowest BCUT2D eigenvalue weighted by molar-refractivity contribution is -0.138. The summed E-state index contributed by atoms with van der Waals surface area (Å²) < 4.78 is 58.3. The van der Waals surface area contributed by atoms with Crippen LogP contribution in [0.1, 0.15) is 41.3 Å². The van der Waals surface area contributed by atoms with E-state index >= 15 is 0 Å². The van der Waals surface area contributed by atoms with Crippen LogP contribution in [0.15, 0.2) is 43.0 Å². The van der Waals surface area contributed by atoms with Gasteiger partial charge in [0.1, 0.15) is 11.8 Å². The summed E-state index contributed by atoms with van der Waals surface area (Å²) in [6.07, 6.45) is 0.912. The zero-order valence-electron chi connectivity index (χ0n) is 18.4. The van der Waals surface area contributed by atoms with E-state index in [9.17, 15) is 22.4 Å². The summed E-state index contributed by atoms with van der Waals surface area (Å²) in [5.74, 6) is -1.76. The minimum absolute atomic E-state index is 0.305. The van der Waals surface area contributed by atoms with Gasteiger partial charge in [0.05, 0.1) is 17.2 Å². The van der Waals surface area contributed by atoms with E-state index in [1.807, 2.05) is 6.92 Å². The Hall–Kier alpha value is -3.63. The predicted molar refractivity (Wildman–Crippen MR) is 113 cm³/mol. The molecule has 4 rings (SSSR count). The highest BCUT2D eigenvalue weighted by molar-refractivity contribution is 5.99. The average molecular weight is 475 g/mol. The van der Waals surface area contributed by atoms with Gasteiger partial charge in [-0.1, -0.05) is 0 Å². The maximum Gasteiger partial charge on any atom is 0.417 e. The smallest absolute Gasteiger partial charge is 0.417 e. The molecule has 1 aliphatic heterocycles. The Kier molecular flexibility index (Phi) is 6.45. The fourth-order valence-electron chi connectivity index (χ4n) is 3.85. The third-order valence-electron chi connectivity index (χ3n) is 5.61. The lowest BCUT2D eigenvalue weighted by Crippen LogP contribution is -2.51. The zero-order valence-corrected chi connectivity index (χ0v) is 18.4. The molecule has 0 spiro atoms. The van der Waals surface area contributed by atoms with Crippen LogP contribution < -0.4 is 4.74 Å². The molecular weight excluding hydrogens is 454 g/mol. The molecule has 4 heterocycles. The Balaban J connectivity index is 1.58. The highest BCUT2D eigenvalue weighted by Crippen LogP contribution is 2.32. The molecule has 1 saturated heterocycles. The first kappa shape index (κ1) is 23.5. The Morgan fingerprint density at radius 3 is 2.53 bits per heavy atom. The Morgan fingerprint density at radius 2 is 1.85 bits per heavy atom. The SMILES string of the molecule is Cc1cnc(-c2ncccn2)c(C(=O)N2CCCC(Oc3ncc(C(F)(F)F)cc3F)C2C)c1. The van der Waals surface area contributed by atoms with Crippen LogP contribution in [0.25, 0.3) is 11.5 Å². The number of alkyl halides is 3. The zero-order chi connectivity index (χ0) is 24.5. The molecule has 3 aromatic heterocycles. The maximum absolute atomic E-state index is 14.3. The molecule has 0 saturated carbocycles.